The van der Waals surface area contributed by atoms with Crippen LogP contribution in [0.1, 0.15) is 25.5 Å². The molecular weight excluding hydrogens is 278 g/mol. The van der Waals surface area contributed by atoms with Crippen molar-refractivity contribution in [3.8, 4) is 0 Å². The molecule has 7 heteroatoms. The van der Waals surface area contributed by atoms with Crippen LogP contribution in [0.25, 0.3) is 0 Å². The third-order valence-electron chi connectivity index (χ3n) is 2.69. The SMILES string of the molecule is CCCNC(=O)N(CCCc1ncccc1Cl)C(=N)N. The zero-order valence-corrected chi connectivity index (χ0v) is 12.3. The number of nitrogens with two attached hydrogens (primary N) is 1. The fraction of sp³-hybridized carbons (Fsp3) is 0.462. The first kappa shape index (κ1) is 16.2. The molecule has 0 atom stereocenters. The minimum absolute atomic E-state index is 0.259. The number of nitrogens with one attached hydrogen (secondary N) is 2. The van der Waals surface area contributed by atoms with Gasteiger partial charge in [-0.15, -0.1) is 0 Å². The number of nitrogens with zero attached hydrogens (tertiary/aromatic N) is 2. The van der Waals surface area contributed by atoms with Gasteiger partial charge in [-0.25, -0.2) is 4.79 Å². The van der Waals surface area contributed by atoms with E-state index < -0.39 is 0 Å². The average molecular weight is 298 g/mol. The first-order valence-electron chi connectivity index (χ1n) is 6.55. The van der Waals surface area contributed by atoms with E-state index in [0.717, 1.165) is 12.1 Å². The Morgan fingerprint density at radius 3 is 2.95 bits per heavy atom. The summed E-state index contributed by atoms with van der Waals surface area (Å²) in [5.74, 6) is -0.259. The summed E-state index contributed by atoms with van der Waals surface area (Å²) in [6.07, 6.45) is 3.78. The van der Waals surface area contributed by atoms with Crippen LogP contribution in [-0.4, -0.2) is 35.0 Å². The van der Waals surface area contributed by atoms with Gasteiger partial charge in [0, 0.05) is 19.3 Å². The highest BCUT2D eigenvalue weighted by Gasteiger charge is 2.15. The molecule has 0 aromatic carbocycles. The molecule has 6 nitrogen and oxygen atoms in total. The summed E-state index contributed by atoms with van der Waals surface area (Å²) in [6, 6.07) is 3.21. The predicted octanol–water partition coefficient (Wildman–Crippen LogP) is 1.98. The van der Waals surface area contributed by atoms with Crippen LogP contribution in [0.15, 0.2) is 18.3 Å². The fourth-order valence-corrected chi connectivity index (χ4v) is 1.88. The number of aromatic nitrogens is 1. The van der Waals surface area contributed by atoms with Crippen molar-refractivity contribution in [3.63, 3.8) is 0 Å². The summed E-state index contributed by atoms with van der Waals surface area (Å²) in [5.41, 5.74) is 6.21. The number of guanidine groups is 1. The summed E-state index contributed by atoms with van der Waals surface area (Å²) in [6.45, 7) is 2.88. The lowest BCUT2D eigenvalue weighted by molar-refractivity contribution is 0.219. The highest BCUT2D eigenvalue weighted by Crippen LogP contribution is 2.13. The Labute approximate surface area is 123 Å². The zero-order valence-electron chi connectivity index (χ0n) is 11.5. The maximum absolute atomic E-state index is 11.8. The Bertz CT molecular complexity index is 466. The molecule has 0 spiro atoms. The molecular formula is C13H20ClN5O. The average Bonchev–Trinajstić information content (AvgIpc) is 2.42. The van der Waals surface area contributed by atoms with E-state index >= 15 is 0 Å². The maximum atomic E-state index is 11.8. The number of aryl methyl sites for hydroxylation is 1. The fourth-order valence-electron chi connectivity index (χ4n) is 1.67. The number of hydrogen-bond donors (Lipinski definition) is 3. The summed E-state index contributed by atoms with van der Waals surface area (Å²) in [7, 11) is 0. The lowest BCUT2D eigenvalue weighted by Gasteiger charge is -2.20. The molecule has 1 rings (SSSR count). The molecule has 1 aromatic rings. The van der Waals surface area contributed by atoms with Gasteiger partial charge in [0.2, 0.25) is 0 Å². The van der Waals surface area contributed by atoms with Crippen molar-refractivity contribution in [1.29, 1.82) is 5.41 Å². The third-order valence-corrected chi connectivity index (χ3v) is 3.04. The molecule has 0 unspecified atom stereocenters. The number of amides is 2. The quantitative estimate of drug-likeness (QED) is 0.553. The molecule has 0 saturated heterocycles. The van der Waals surface area contributed by atoms with E-state index in [1.807, 2.05) is 6.92 Å². The summed E-state index contributed by atoms with van der Waals surface area (Å²) in [4.78, 5) is 17.2. The molecule has 20 heavy (non-hydrogen) atoms. The number of carbonyl (C=O) groups excluding carboxylic acids is 1. The van der Waals surface area contributed by atoms with Crippen molar-refractivity contribution in [2.75, 3.05) is 13.1 Å². The van der Waals surface area contributed by atoms with Crippen LogP contribution in [0.5, 0.6) is 0 Å². The molecule has 0 bridgehead atoms. The molecule has 0 radical (unpaired) electrons. The molecule has 2 amide bonds. The van der Waals surface area contributed by atoms with Gasteiger partial charge in [-0.1, -0.05) is 18.5 Å². The van der Waals surface area contributed by atoms with Gasteiger partial charge in [-0.3, -0.25) is 15.3 Å². The van der Waals surface area contributed by atoms with E-state index in [1.165, 1.54) is 4.90 Å². The second-order valence-electron chi connectivity index (χ2n) is 4.30. The van der Waals surface area contributed by atoms with Crippen LogP contribution in [0.3, 0.4) is 0 Å². The molecule has 1 heterocycles. The van der Waals surface area contributed by atoms with Crippen molar-refractivity contribution in [1.82, 2.24) is 15.2 Å². The minimum atomic E-state index is -0.341. The summed E-state index contributed by atoms with van der Waals surface area (Å²) in [5, 5.41) is 10.8. The minimum Gasteiger partial charge on any atom is -0.370 e. The van der Waals surface area contributed by atoms with Gasteiger partial charge in [0.15, 0.2) is 5.96 Å². The van der Waals surface area contributed by atoms with Gasteiger partial charge in [0.05, 0.1) is 10.7 Å². The van der Waals surface area contributed by atoms with Gasteiger partial charge in [-0.2, -0.15) is 0 Å². The van der Waals surface area contributed by atoms with Crippen molar-refractivity contribution < 1.29 is 4.79 Å². The van der Waals surface area contributed by atoms with Crippen LogP contribution < -0.4 is 11.1 Å². The highest BCUT2D eigenvalue weighted by atomic mass is 35.5. The molecule has 0 aliphatic rings. The molecule has 110 valence electrons. The molecule has 0 fully saturated rings. The Hall–Kier alpha value is -1.82. The van der Waals surface area contributed by atoms with Crippen molar-refractivity contribution in [2.45, 2.75) is 26.2 Å². The normalized spacial score (nSPS) is 10.1. The van der Waals surface area contributed by atoms with Crippen LogP contribution >= 0.6 is 11.6 Å². The lowest BCUT2D eigenvalue weighted by atomic mass is 10.2. The highest BCUT2D eigenvalue weighted by molar-refractivity contribution is 6.31. The van der Waals surface area contributed by atoms with E-state index in [4.69, 9.17) is 22.7 Å². The first-order valence-corrected chi connectivity index (χ1v) is 6.92. The second kappa shape index (κ2) is 8.37. The van der Waals surface area contributed by atoms with Crippen LogP contribution in [0.4, 0.5) is 4.79 Å². The molecule has 0 aliphatic carbocycles. The van der Waals surface area contributed by atoms with Gasteiger partial charge in [-0.05, 0) is 31.4 Å². The number of halogens is 1. The number of pyridine rings is 1. The molecule has 1 aromatic heterocycles. The maximum Gasteiger partial charge on any atom is 0.324 e. The van der Waals surface area contributed by atoms with E-state index in [9.17, 15) is 4.79 Å². The predicted molar refractivity (Wildman–Crippen MR) is 79.9 cm³/mol. The Morgan fingerprint density at radius 2 is 2.35 bits per heavy atom. The van der Waals surface area contributed by atoms with Gasteiger partial charge < -0.3 is 11.1 Å². The second-order valence-corrected chi connectivity index (χ2v) is 4.71. The van der Waals surface area contributed by atoms with E-state index in [0.29, 0.717) is 31.0 Å². The number of hydrogen-bond acceptors (Lipinski definition) is 3. The largest absolute Gasteiger partial charge is 0.370 e. The summed E-state index contributed by atoms with van der Waals surface area (Å²) < 4.78 is 0. The van der Waals surface area contributed by atoms with Crippen molar-refractivity contribution in [3.05, 3.63) is 29.0 Å². The zero-order chi connectivity index (χ0) is 15.0. The summed E-state index contributed by atoms with van der Waals surface area (Å²) >= 11 is 6.01. The van der Waals surface area contributed by atoms with E-state index in [2.05, 4.69) is 10.3 Å². The Kier molecular flexibility index (Phi) is 6.79. The number of carbonyl (C=O) groups is 1. The topological polar surface area (TPSA) is 95.1 Å². The van der Waals surface area contributed by atoms with Gasteiger partial charge >= 0.3 is 6.03 Å². The van der Waals surface area contributed by atoms with Gasteiger partial charge in [0.1, 0.15) is 0 Å². The third kappa shape index (κ3) is 5.05. The number of rotatable bonds is 6. The lowest BCUT2D eigenvalue weighted by Crippen LogP contribution is -2.47. The molecule has 0 aliphatic heterocycles. The monoisotopic (exact) mass is 297 g/mol. The van der Waals surface area contributed by atoms with Crippen molar-refractivity contribution in [2.24, 2.45) is 5.73 Å². The molecule has 4 N–H and O–H groups in total. The first-order chi connectivity index (χ1) is 9.56. The van der Waals surface area contributed by atoms with Gasteiger partial charge in [0.25, 0.3) is 0 Å². The van der Waals surface area contributed by atoms with Crippen LogP contribution in [-0.2, 0) is 6.42 Å². The molecule has 0 saturated carbocycles. The smallest absolute Gasteiger partial charge is 0.324 e. The van der Waals surface area contributed by atoms with Crippen LogP contribution in [0.2, 0.25) is 5.02 Å². The van der Waals surface area contributed by atoms with Crippen molar-refractivity contribution >= 4 is 23.6 Å². The standard InChI is InChI=1S/C13H20ClN5O/c1-2-7-18-13(20)19(12(15)16)9-4-6-11-10(14)5-3-8-17-11/h3,5,8H,2,4,6-7,9H2,1H3,(H3,15,16)(H,18,20). The van der Waals surface area contributed by atoms with E-state index in [1.54, 1.807) is 18.3 Å². The van der Waals surface area contributed by atoms with E-state index in [-0.39, 0.29) is 12.0 Å². The Balaban J connectivity index is 2.49. The number of urea groups is 1. The van der Waals surface area contributed by atoms with Crippen LogP contribution in [0, 0.1) is 5.41 Å². The Morgan fingerprint density at radius 1 is 1.60 bits per heavy atom.